The van der Waals surface area contributed by atoms with Crippen LogP contribution in [-0.2, 0) is 6.54 Å². The molecule has 0 spiro atoms. The molecule has 0 aliphatic carbocycles. The molecule has 1 aromatic rings. The van der Waals surface area contributed by atoms with Crippen molar-refractivity contribution >= 4 is 11.6 Å². The zero-order valence-electron chi connectivity index (χ0n) is 6.97. The maximum atomic E-state index is 13.0. The number of hydrogen-bond acceptors (Lipinski definition) is 3. The first-order valence-corrected chi connectivity index (χ1v) is 3.95. The van der Waals surface area contributed by atoms with Crippen LogP contribution in [0.4, 0.5) is 4.39 Å². The lowest BCUT2D eigenvalue weighted by atomic mass is 10.2. The van der Waals surface area contributed by atoms with Crippen molar-refractivity contribution in [3.8, 4) is 5.75 Å². The Morgan fingerprint density at radius 1 is 1.62 bits per heavy atom. The van der Waals surface area contributed by atoms with Gasteiger partial charge in [-0.25, -0.2) is 9.87 Å². The molecular weight excluding hydrogens is 197 g/mol. The Balaban J connectivity index is 3.06. The van der Waals surface area contributed by atoms with E-state index in [1.54, 1.807) is 6.07 Å². The monoisotopic (exact) mass is 205 g/mol. The van der Waals surface area contributed by atoms with E-state index in [9.17, 15) is 4.39 Å². The highest BCUT2D eigenvalue weighted by molar-refractivity contribution is 6.32. The molecule has 0 bridgehead atoms. The second-order valence-electron chi connectivity index (χ2n) is 2.43. The fraction of sp³-hybridized carbons (Fsp3) is 0.250. The molecule has 5 heteroatoms. The van der Waals surface area contributed by atoms with Crippen LogP contribution < -0.4 is 10.2 Å². The summed E-state index contributed by atoms with van der Waals surface area (Å²) in [6, 6.07) is 2.78. The van der Waals surface area contributed by atoms with Gasteiger partial charge in [0.15, 0.2) is 0 Å². The predicted octanol–water partition coefficient (Wildman–Crippen LogP) is 1.97. The Hall–Kier alpha value is -0.840. The molecule has 13 heavy (non-hydrogen) atoms. The summed E-state index contributed by atoms with van der Waals surface area (Å²) < 4.78 is 17.9. The zero-order chi connectivity index (χ0) is 9.84. The van der Waals surface area contributed by atoms with Crippen LogP contribution in [0.1, 0.15) is 5.56 Å². The second-order valence-corrected chi connectivity index (χ2v) is 2.81. The third-order valence-electron chi connectivity index (χ3n) is 1.56. The number of hydroxylamine groups is 1. The molecule has 0 aliphatic heterocycles. The number of nitrogens with one attached hydrogen (secondary N) is 1. The van der Waals surface area contributed by atoms with E-state index in [0.29, 0.717) is 5.56 Å². The number of halogens is 2. The minimum absolute atomic E-state index is 0.0517. The summed E-state index contributed by atoms with van der Waals surface area (Å²) in [4.78, 5) is 0. The predicted molar refractivity (Wildman–Crippen MR) is 46.6 cm³/mol. The van der Waals surface area contributed by atoms with Gasteiger partial charge in [0, 0.05) is 6.54 Å². The average Bonchev–Trinajstić information content (AvgIpc) is 2.11. The fourth-order valence-electron chi connectivity index (χ4n) is 0.959. The lowest BCUT2D eigenvalue weighted by Gasteiger charge is -2.06. The molecule has 0 saturated heterocycles. The molecule has 0 radical (unpaired) electrons. The molecule has 1 aromatic carbocycles. The van der Waals surface area contributed by atoms with Crippen molar-refractivity contribution in [3.05, 3.63) is 28.5 Å². The highest BCUT2D eigenvalue weighted by atomic mass is 35.5. The van der Waals surface area contributed by atoms with Crippen LogP contribution in [-0.4, -0.2) is 12.3 Å². The first kappa shape index (κ1) is 10.2. The molecule has 72 valence electrons. The quantitative estimate of drug-likeness (QED) is 0.742. The van der Waals surface area contributed by atoms with Crippen LogP contribution in [0.5, 0.6) is 5.75 Å². The van der Waals surface area contributed by atoms with Crippen LogP contribution in [0.3, 0.4) is 0 Å². The summed E-state index contributed by atoms with van der Waals surface area (Å²) in [5.74, 6) is -0.307. The van der Waals surface area contributed by atoms with Gasteiger partial charge in [0.05, 0.1) is 7.11 Å². The molecule has 0 atom stereocenters. The van der Waals surface area contributed by atoms with Crippen molar-refractivity contribution in [2.45, 2.75) is 6.54 Å². The van der Waals surface area contributed by atoms with Crippen LogP contribution in [0.2, 0.25) is 5.02 Å². The van der Waals surface area contributed by atoms with Crippen molar-refractivity contribution in [2.75, 3.05) is 7.11 Å². The molecule has 1 rings (SSSR count). The van der Waals surface area contributed by atoms with E-state index in [1.165, 1.54) is 13.2 Å². The van der Waals surface area contributed by atoms with E-state index in [4.69, 9.17) is 21.5 Å². The number of rotatable bonds is 3. The standard InChI is InChI=1S/C8H9ClFNO2/c1-13-7-3-5(4-11-12)2-6(10)8(7)9/h2-3,11-12H,4H2,1H3. The molecule has 2 N–H and O–H groups in total. The molecule has 0 amide bonds. The lowest BCUT2D eigenvalue weighted by Crippen LogP contribution is -2.06. The summed E-state index contributed by atoms with van der Waals surface area (Å²) in [5.41, 5.74) is 2.47. The Morgan fingerprint density at radius 2 is 2.31 bits per heavy atom. The van der Waals surface area contributed by atoms with Gasteiger partial charge in [-0.05, 0) is 17.7 Å². The molecule has 3 nitrogen and oxygen atoms in total. The van der Waals surface area contributed by atoms with Gasteiger partial charge in [-0.1, -0.05) is 11.6 Å². The molecule has 0 saturated carbocycles. The van der Waals surface area contributed by atoms with Gasteiger partial charge in [-0.3, -0.25) is 0 Å². The summed E-state index contributed by atoms with van der Waals surface area (Å²) in [6.45, 7) is 0.143. The average molecular weight is 206 g/mol. The molecule has 0 unspecified atom stereocenters. The van der Waals surface area contributed by atoms with E-state index in [0.717, 1.165) is 0 Å². The highest BCUT2D eigenvalue weighted by Crippen LogP contribution is 2.28. The Labute approximate surface area is 80.0 Å². The summed E-state index contributed by atoms with van der Waals surface area (Å²) >= 11 is 5.58. The van der Waals surface area contributed by atoms with E-state index in [-0.39, 0.29) is 17.3 Å². The normalized spacial score (nSPS) is 10.2. The van der Waals surface area contributed by atoms with Crippen LogP contribution in [0, 0.1) is 5.82 Å². The SMILES string of the molecule is COc1cc(CNO)cc(F)c1Cl. The van der Waals surface area contributed by atoms with Gasteiger partial charge >= 0.3 is 0 Å². The minimum Gasteiger partial charge on any atom is -0.495 e. The summed E-state index contributed by atoms with van der Waals surface area (Å²) in [7, 11) is 1.40. The van der Waals surface area contributed by atoms with Crippen molar-refractivity contribution in [1.29, 1.82) is 0 Å². The van der Waals surface area contributed by atoms with Crippen LogP contribution in [0.25, 0.3) is 0 Å². The van der Waals surface area contributed by atoms with Gasteiger partial charge in [0.25, 0.3) is 0 Å². The summed E-state index contributed by atoms with van der Waals surface area (Å²) in [5, 5.41) is 8.35. The summed E-state index contributed by atoms with van der Waals surface area (Å²) in [6.07, 6.45) is 0. The van der Waals surface area contributed by atoms with Gasteiger partial charge in [-0.2, -0.15) is 0 Å². The zero-order valence-corrected chi connectivity index (χ0v) is 7.73. The number of benzene rings is 1. The second kappa shape index (κ2) is 4.41. The first-order valence-electron chi connectivity index (χ1n) is 3.58. The first-order chi connectivity index (χ1) is 6.19. The molecule has 0 aliphatic rings. The van der Waals surface area contributed by atoms with Crippen LogP contribution in [0.15, 0.2) is 12.1 Å². The van der Waals surface area contributed by atoms with Gasteiger partial charge in [-0.15, -0.1) is 0 Å². The topological polar surface area (TPSA) is 41.5 Å². The minimum atomic E-state index is -0.564. The fourth-order valence-corrected chi connectivity index (χ4v) is 1.15. The molecule has 0 heterocycles. The lowest BCUT2D eigenvalue weighted by molar-refractivity contribution is 0.161. The van der Waals surface area contributed by atoms with Gasteiger partial charge in [0.1, 0.15) is 16.6 Å². The Kier molecular flexibility index (Phi) is 3.48. The Morgan fingerprint density at radius 3 is 2.85 bits per heavy atom. The van der Waals surface area contributed by atoms with Gasteiger partial charge in [0.2, 0.25) is 0 Å². The maximum absolute atomic E-state index is 13.0. The highest BCUT2D eigenvalue weighted by Gasteiger charge is 2.08. The number of methoxy groups -OCH3 is 1. The number of ether oxygens (including phenoxy) is 1. The smallest absolute Gasteiger partial charge is 0.145 e. The van der Waals surface area contributed by atoms with E-state index in [2.05, 4.69) is 0 Å². The number of hydrogen-bond donors (Lipinski definition) is 2. The van der Waals surface area contributed by atoms with Gasteiger partial charge < -0.3 is 9.94 Å². The van der Waals surface area contributed by atoms with E-state index in [1.807, 2.05) is 5.48 Å². The molecule has 0 aromatic heterocycles. The van der Waals surface area contributed by atoms with E-state index < -0.39 is 5.82 Å². The third kappa shape index (κ3) is 2.30. The van der Waals surface area contributed by atoms with Crippen molar-refractivity contribution in [1.82, 2.24) is 5.48 Å². The molecular formula is C8H9ClFNO2. The van der Waals surface area contributed by atoms with Crippen LogP contribution >= 0.6 is 11.6 Å². The van der Waals surface area contributed by atoms with Crippen molar-refractivity contribution < 1.29 is 14.3 Å². The Bertz CT molecular complexity index is 306. The third-order valence-corrected chi connectivity index (χ3v) is 1.92. The molecule has 0 fully saturated rings. The largest absolute Gasteiger partial charge is 0.495 e. The maximum Gasteiger partial charge on any atom is 0.145 e. The van der Waals surface area contributed by atoms with Crippen molar-refractivity contribution in [3.63, 3.8) is 0 Å². The van der Waals surface area contributed by atoms with Crippen molar-refractivity contribution in [2.24, 2.45) is 0 Å². The van der Waals surface area contributed by atoms with E-state index >= 15 is 0 Å².